The number of aromatic carboxylic acids is 1. The predicted octanol–water partition coefficient (Wildman–Crippen LogP) is 1.58. The van der Waals surface area contributed by atoms with E-state index in [-0.39, 0.29) is 11.2 Å². The molecular weight excluding hydrogens is 232 g/mol. The lowest BCUT2D eigenvalue weighted by molar-refractivity contribution is -0.0277. The van der Waals surface area contributed by atoms with Crippen LogP contribution >= 0.6 is 0 Å². The Bertz CT molecular complexity index is 471. The van der Waals surface area contributed by atoms with E-state index in [4.69, 9.17) is 10.5 Å². The number of nitrogens with two attached hydrogens (primary N) is 1. The Morgan fingerprint density at radius 1 is 1.50 bits per heavy atom. The minimum atomic E-state index is -0.936. The third-order valence-corrected chi connectivity index (χ3v) is 3.02. The number of anilines is 2. The molecule has 0 bridgehead atoms. The van der Waals surface area contributed by atoms with Crippen molar-refractivity contribution in [3.05, 3.63) is 23.8 Å². The fourth-order valence-corrected chi connectivity index (χ4v) is 2.21. The van der Waals surface area contributed by atoms with Crippen molar-refractivity contribution in [1.82, 2.24) is 0 Å². The van der Waals surface area contributed by atoms with E-state index in [1.54, 1.807) is 18.2 Å². The SMILES string of the molecule is CC1(C)CN(c2cc(N)ccc2C(=O)O)CCO1. The van der Waals surface area contributed by atoms with Gasteiger partial charge in [0.05, 0.1) is 23.5 Å². The molecule has 1 saturated heterocycles. The number of nitrogens with zero attached hydrogens (tertiary/aromatic N) is 1. The van der Waals surface area contributed by atoms with Gasteiger partial charge in [-0.1, -0.05) is 0 Å². The maximum atomic E-state index is 11.2. The first-order chi connectivity index (χ1) is 8.39. The van der Waals surface area contributed by atoms with Crippen molar-refractivity contribution in [2.45, 2.75) is 19.4 Å². The topological polar surface area (TPSA) is 75.8 Å². The minimum Gasteiger partial charge on any atom is -0.478 e. The first-order valence-electron chi connectivity index (χ1n) is 5.91. The van der Waals surface area contributed by atoms with Crippen LogP contribution < -0.4 is 10.6 Å². The van der Waals surface area contributed by atoms with Gasteiger partial charge in [-0.15, -0.1) is 0 Å². The van der Waals surface area contributed by atoms with Gasteiger partial charge in [-0.25, -0.2) is 4.79 Å². The van der Waals surface area contributed by atoms with Gasteiger partial charge in [0.25, 0.3) is 0 Å². The summed E-state index contributed by atoms with van der Waals surface area (Å²) in [7, 11) is 0. The van der Waals surface area contributed by atoms with Gasteiger partial charge in [-0.2, -0.15) is 0 Å². The van der Waals surface area contributed by atoms with E-state index < -0.39 is 5.97 Å². The zero-order chi connectivity index (χ0) is 13.3. The van der Waals surface area contributed by atoms with Gasteiger partial charge in [-0.05, 0) is 32.0 Å². The van der Waals surface area contributed by atoms with Crippen LogP contribution in [0.3, 0.4) is 0 Å². The summed E-state index contributed by atoms with van der Waals surface area (Å²) in [4.78, 5) is 13.3. The molecule has 1 fully saturated rings. The van der Waals surface area contributed by atoms with Gasteiger partial charge in [0.2, 0.25) is 0 Å². The third-order valence-electron chi connectivity index (χ3n) is 3.02. The maximum Gasteiger partial charge on any atom is 0.337 e. The van der Waals surface area contributed by atoms with Crippen molar-refractivity contribution in [3.63, 3.8) is 0 Å². The number of nitrogen functional groups attached to an aromatic ring is 1. The molecule has 0 unspecified atom stereocenters. The highest BCUT2D eigenvalue weighted by Gasteiger charge is 2.29. The fourth-order valence-electron chi connectivity index (χ4n) is 2.21. The lowest BCUT2D eigenvalue weighted by Crippen LogP contribution is -2.48. The van der Waals surface area contributed by atoms with Crippen LogP contribution in [0, 0.1) is 0 Å². The Morgan fingerprint density at radius 2 is 2.22 bits per heavy atom. The number of benzene rings is 1. The van der Waals surface area contributed by atoms with Crippen LogP contribution in [0.1, 0.15) is 24.2 Å². The first-order valence-corrected chi connectivity index (χ1v) is 5.91. The minimum absolute atomic E-state index is 0.279. The van der Waals surface area contributed by atoms with Crippen LogP contribution in [0.25, 0.3) is 0 Å². The largest absolute Gasteiger partial charge is 0.478 e. The van der Waals surface area contributed by atoms with Crippen molar-refractivity contribution in [2.75, 3.05) is 30.3 Å². The lowest BCUT2D eigenvalue weighted by atomic mass is 10.0. The molecule has 5 heteroatoms. The fraction of sp³-hybridized carbons (Fsp3) is 0.462. The molecule has 0 aromatic heterocycles. The zero-order valence-corrected chi connectivity index (χ0v) is 10.6. The summed E-state index contributed by atoms with van der Waals surface area (Å²) in [6.07, 6.45) is 0. The van der Waals surface area contributed by atoms with Crippen molar-refractivity contribution in [1.29, 1.82) is 0 Å². The van der Waals surface area contributed by atoms with Crippen molar-refractivity contribution >= 4 is 17.3 Å². The molecule has 18 heavy (non-hydrogen) atoms. The molecule has 0 atom stereocenters. The number of carbonyl (C=O) groups is 1. The number of ether oxygens (including phenoxy) is 1. The third kappa shape index (κ3) is 2.56. The van der Waals surface area contributed by atoms with E-state index in [1.165, 1.54) is 0 Å². The van der Waals surface area contributed by atoms with Crippen LogP contribution in [-0.4, -0.2) is 36.4 Å². The van der Waals surface area contributed by atoms with Crippen LogP contribution in [0.2, 0.25) is 0 Å². The van der Waals surface area contributed by atoms with Gasteiger partial charge >= 0.3 is 5.97 Å². The summed E-state index contributed by atoms with van der Waals surface area (Å²) in [6, 6.07) is 4.87. The number of morpholine rings is 1. The van der Waals surface area contributed by atoms with Gasteiger partial charge in [-0.3, -0.25) is 0 Å². The molecule has 0 aliphatic carbocycles. The zero-order valence-electron chi connectivity index (χ0n) is 10.6. The number of hydrogen-bond acceptors (Lipinski definition) is 4. The standard InChI is InChI=1S/C13H18N2O3/c1-13(2)8-15(5-6-18-13)11-7-9(14)3-4-10(11)12(16)17/h3-4,7H,5-6,8,14H2,1-2H3,(H,16,17). The molecule has 0 amide bonds. The van der Waals surface area contributed by atoms with E-state index in [0.717, 1.165) is 0 Å². The Hall–Kier alpha value is -1.75. The molecule has 3 N–H and O–H groups in total. The highest BCUT2D eigenvalue weighted by molar-refractivity contribution is 5.95. The van der Waals surface area contributed by atoms with Gasteiger partial charge in [0.1, 0.15) is 0 Å². The van der Waals surface area contributed by atoms with Crippen LogP contribution in [-0.2, 0) is 4.74 Å². The monoisotopic (exact) mass is 250 g/mol. The second kappa shape index (κ2) is 4.49. The van der Waals surface area contributed by atoms with Crippen molar-refractivity contribution < 1.29 is 14.6 Å². The summed E-state index contributed by atoms with van der Waals surface area (Å²) < 4.78 is 5.63. The first kappa shape index (κ1) is 12.7. The molecule has 2 rings (SSSR count). The molecule has 0 saturated carbocycles. The average Bonchev–Trinajstić information content (AvgIpc) is 2.27. The smallest absolute Gasteiger partial charge is 0.337 e. The predicted molar refractivity (Wildman–Crippen MR) is 70.1 cm³/mol. The number of carboxylic acid groups (broad SMARTS) is 1. The van der Waals surface area contributed by atoms with Crippen LogP contribution in [0.15, 0.2) is 18.2 Å². The van der Waals surface area contributed by atoms with Gasteiger partial charge in [0.15, 0.2) is 0 Å². The second-order valence-electron chi connectivity index (χ2n) is 5.11. The number of hydrogen-bond donors (Lipinski definition) is 2. The van der Waals surface area contributed by atoms with Gasteiger partial charge in [0, 0.05) is 18.8 Å². The molecular formula is C13H18N2O3. The summed E-state index contributed by atoms with van der Waals surface area (Å²) in [5.41, 5.74) is 6.99. The maximum absolute atomic E-state index is 11.2. The summed E-state index contributed by atoms with van der Waals surface area (Å²) in [5, 5.41) is 9.22. The molecule has 0 radical (unpaired) electrons. The number of carboxylic acids is 1. The highest BCUT2D eigenvalue weighted by Crippen LogP contribution is 2.28. The van der Waals surface area contributed by atoms with E-state index in [9.17, 15) is 9.90 Å². The van der Waals surface area contributed by atoms with Crippen molar-refractivity contribution in [2.24, 2.45) is 0 Å². The van der Waals surface area contributed by atoms with E-state index >= 15 is 0 Å². The number of rotatable bonds is 2. The molecule has 1 aromatic rings. The van der Waals surface area contributed by atoms with E-state index in [2.05, 4.69) is 0 Å². The molecule has 1 aliphatic rings. The highest BCUT2D eigenvalue weighted by atomic mass is 16.5. The molecule has 98 valence electrons. The van der Waals surface area contributed by atoms with Crippen molar-refractivity contribution in [3.8, 4) is 0 Å². The summed E-state index contributed by atoms with van der Waals surface area (Å²) in [6.45, 7) is 5.89. The Kier molecular flexibility index (Phi) is 3.17. The molecule has 1 heterocycles. The second-order valence-corrected chi connectivity index (χ2v) is 5.11. The summed E-state index contributed by atoms with van der Waals surface area (Å²) >= 11 is 0. The van der Waals surface area contributed by atoms with E-state index in [1.807, 2.05) is 18.7 Å². The Labute approximate surface area is 106 Å². The molecule has 1 aromatic carbocycles. The summed E-state index contributed by atoms with van der Waals surface area (Å²) in [5.74, 6) is -0.936. The van der Waals surface area contributed by atoms with Gasteiger partial charge < -0.3 is 20.5 Å². The van der Waals surface area contributed by atoms with Crippen LogP contribution in [0.4, 0.5) is 11.4 Å². The molecule has 0 spiro atoms. The lowest BCUT2D eigenvalue weighted by Gasteiger charge is -2.40. The quantitative estimate of drug-likeness (QED) is 0.779. The molecule has 5 nitrogen and oxygen atoms in total. The average molecular weight is 250 g/mol. The molecule has 1 aliphatic heterocycles. The Morgan fingerprint density at radius 3 is 2.83 bits per heavy atom. The van der Waals surface area contributed by atoms with Crippen LogP contribution in [0.5, 0.6) is 0 Å². The normalized spacial score (nSPS) is 18.7. The Balaban J connectivity index is 2.37. The van der Waals surface area contributed by atoms with E-state index in [0.29, 0.717) is 31.1 Å².